The third kappa shape index (κ3) is 4.11. The van der Waals surface area contributed by atoms with Gasteiger partial charge in [0.05, 0.1) is 10.9 Å². The van der Waals surface area contributed by atoms with Crippen molar-refractivity contribution in [3.63, 3.8) is 0 Å². The minimum absolute atomic E-state index is 0.0666. The molecule has 156 valence electrons. The summed E-state index contributed by atoms with van der Waals surface area (Å²) in [6.45, 7) is 0.529. The van der Waals surface area contributed by atoms with E-state index in [0.717, 1.165) is 53.9 Å². The van der Waals surface area contributed by atoms with E-state index in [0.29, 0.717) is 12.0 Å². The zero-order chi connectivity index (χ0) is 21.0. The number of hydrogen-bond acceptors (Lipinski definition) is 3. The summed E-state index contributed by atoms with van der Waals surface area (Å²) in [5.41, 5.74) is 2.89. The Labute approximate surface area is 182 Å². The van der Waals surface area contributed by atoms with Crippen LogP contribution in [0.3, 0.4) is 0 Å². The maximum atomic E-state index is 13.4. The van der Waals surface area contributed by atoms with Crippen LogP contribution < -0.4 is 10.3 Å². The number of fused-ring (bicyclic) bond motifs is 1. The molecule has 4 nitrogen and oxygen atoms in total. The standard InChI is InChI=1S/C27H26N2O2/c30-27-24-13-7-8-14-25(24)28-26(29(27)22-11-5-2-6-12-22)21-15-17-23(18-16-21)31-19-20-9-3-1-4-10-20/h1,3-4,7-10,13-18,22H,2,5-6,11-12,19H2. The molecular weight excluding hydrogens is 384 g/mol. The third-order valence-electron chi connectivity index (χ3n) is 6.11. The molecule has 0 radical (unpaired) electrons. The van der Waals surface area contributed by atoms with E-state index in [1.165, 1.54) is 6.42 Å². The number of aromatic nitrogens is 2. The fraction of sp³-hybridized carbons (Fsp3) is 0.259. The summed E-state index contributed by atoms with van der Waals surface area (Å²) >= 11 is 0. The first-order valence-electron chi connectivity index (χ1n) is 11.1. The molecule has 0 saturated heterocycles. The summed E-state index contributed by atoms with van der Waals surface area (Å²) in [5.74, 6) is 1.56. The van der Waals surface area contributed by atoms with Crippen molar-refractivity contribution in [3.8, 4) is 17.1 Å². The zero-order valence-electron chi connectivity index (χ0n) is 17.5. The van der Waals surface area contributed by atoms with Crippen LogP contribution >= 0.6 is 0 Å². The van der Waals surface area contributed by atoms with E-state index in [4.69, 9.17) is 9.72 Å². The van der Waals surface area contributed by atoms with Gasteiger partial charge in [-0.1, -0.05) is 61.7 Å². The molecule has 1 aromatic heterocycles. The minimum atomic E-state index is 0.0666. The zero-order valence-corrected chi connectivity index (χ0v) is 17.5. The van der Waals surface area contributed by atoms with E-state index in [2.05, 4.69) is 12.1 Å². The minimum Gasteiger partial charge on any atom is -0.489 e. The number of benzene rings is 3. The molecule has 1 aliphatic rings. The molecule has 31 heavy (non-hydrogen) atoms. The fourth-order valence-corrected chi connectivity index (χ4v) is 4.47. The van der Waals surface area contributed by atoms with Crippen molar-refractivity contribution >= 4 is 10.9 Å². The predicted octanol–water partition coefficient (Wildman–Crippen LogP) is 6.15. The van der Waals surface area contributed by atoms with Crippen molar-refractivity contribution in [2.75, 3.05) is 0 Å². The second kappa shape index (κ2) is 8.76. The fourth-order valence-electron chi connectivity index (χ4n) is 4.47. The summed E-state index contributed by atoms with van der Waals surface area (Å²) in [6, 6.07) is 25.9. The quantitative estimate of drug-likeness (QED) is 0.396. The largest absolute Gasteiger partial charge is 0.489 e. The van der Waals surface area contributed by atoms with Gasteiger partial charge in [-0.05, 0) is 54.8 Å². The van der Waals surface area contributed by atoms with Crippen molar-refractivity contribution in [2.24, 2.45) is 0 Å². The molecule has 0 unspecified atom stereocenters. The van der Waals surface area contributed by atoms with Gasteiger partial charge in [-0.15, -0.1) is 0 Å². The molecule has 1 heterocycles. The first-order chi connectivity index (χ1) is 15.3. The van der Waals surface area contributed by atoms with Crippen molar-refractivity contribution in [3.05, 3.63) is 94.8 Å². The van der Waals surface area contributed by atoms with Gasteiger partial charge in [-0.25, -0.2) is 4.98 Å². The van der Waals surface area contributed by atoms with Crippen LogP contribution in [0.5, 0.6) is 5.75 Å². The molecule has 4 aromatic rings. The van der Waals surface area contributed by atoms with Gasteiger partial charge in [-0.2, -0.15) is 0 Å². The Morgan fingerprint density at radius 3 is 2.32 bits per heavy atom. The van der Waals surface area contributed by atoms with Crippen LogP contribution in [0.1, 0.15) is 43.7 Å². The lowest BCUT2D eigenvalue weighted by Crippen LogP contribution is -2.29. The molecule has 0 aliphatic heterocycles. The second-order valence-corrected chi connectivity index (χ2v) is 8.22. The molecule has 0 bridgehead atoms. The molecule has 1 fully saturated rings. The smallest absolute Gasteiger partial charge is 0.261 e. The molecular formula is C27H26N2O2. The lowest BCUT2D eigenvalue weighted by Gasteiger charge is -2.26. The number of hydrogen-bond donors (Lipinski definition) is 0. The first kappa shape index (κ1) is 19.6. The van der Waals surface area contributed by atoms with E-state index < -0.39 is 0 Å². The van der Waals surface area contributed by atoms with Gasteiger partial charge in [0.2, 0.25) is 0 Å². The molecule has 0 atom stereocenters. The highest BCUT2D eigenvalue weighted by Crippen LogP contribution is 2.32. The van der Waals surface area contributed by atoms with E-state index in [1.54, 1.807) is 0 Å². The van der Waals surface area contributed by atoms with Crippen molar-refractivity contribution < 1.29 is 4.74 Å². The highest BCUT2D eigenvalue weighted by atomic mass is 16.5. The molecule has 0 spiro atoms. The van der Waals surface area contributed by atoms with Crippen LogP contribution in [0.25, 0.3) is 22.3 Å². The van der Waals surface area contributed by atoms with Gasteiger partial charge >= 0.3 is 0 Å². The Hall–Kier alpha value is -3.40. The number of para-hydroxylation sites is 1. The summed E-state index contributed by atoms with van der Waals surface area (Å²) < 4.78 is 7.88. The Balaban J connectivity index is 1.50. The van der Waals surface area contributed by atoms with E-state index in [-0.39, 0.29) is 11.6 Å². The van der Waals surface area contributed by atoms with Crippen LogP contribution in [-0.4, -0.2) is 9.55 Å². The normalized spacial score (nSPS) is 14.6. The topological polar surface area (TPSA) is 44.1 Å². The lowest BCUT2D eigenvalue weighted by atomic mass is 9.94. The van der Waals surface area contributed by atoms with Crippen LogP contribution in [-0.2, 0) is 6.61 Å². The number of ether oxygens (including phenoxy) is 1. The van der Waals surface area contributed by atoms with Crippen LogP contribution in [0.4, 0.5) is 0 Å². The number of nitrogens with zero attached hydrogens (tertiary/aromatic N) is 2. The van der Waals surface area contributed by atoms with Crippen molar-refractivity contribution in [2.45, 2.75) is 44.8 Å². The highest BCUT2D eigenvalue weighted by molar-refractivity contribution is 5.79. The second-order valence-electron chi connectivity index (χ2n) is 8.22. The Morgan fingerprint density at radius 1 is 0.839 bits per heavy atom. The number of rotatable bonds is 5. The predicted molar refractivity (Wildman–Crippen MR) is 124 cm³/mol. The van der Waals surface area contributed by atoms with Gasteiger partial charge in [0, 0.05) is 11.6 Å². The SMILES string of the molecule is O=c1c2ccccc2nc(-c2ccc(OCc3ccccc3)cc2)n1C1CCCCC1. The van der Waals surface area contributed by atoms with Crippen LogP contribution in [0, 0.1) is 0 Å². The van der Waals surface area contributed by atoms with Gasteiger partial charge in [0.1, 0.15) is 18.2 Å². The lowest BCUT2D eigenvalue weighted by molar-refractivity contribution is 0.306. The van der Waals surface area contributed by atoms with Gasteiger partial charge < -0.3 is 4.74 Å². The monoisotopic (exact) mass is 410 g/mol. The molecule has 1 saturated carbocycles. The molecule has 4 heteroatoms. The molecule has 1 aliphatic carbocycles. The van der Waals surface area contributed by atoms with Gasteiger partial charge in [0.15, 0.2) is 0 Å². The van der Waals surface area contributed by atoms with Crippen molar-refractivity contribution in [1.82, 2.24) is 9.55 Å². The average molecular weight is 411 g/mol. The molecule has 5 rings (SSSR count). The molecule has 0 N–H and O–H groups in total. The van der Waals surface area contributed by atoms with E-state index in [1.807, 2.05) is 71.3 Å². The summed E-state index contributed by atoms with van der Waals surface area (Å²) in [4.78, 5) is 18.4. The first-order valence-corrected chi connectivity index (χ1v) is 11.1. The van der Waals surface area contributed by atoms with E-state index >= 15 is 0 Å². The summed E-state index contributed by atoms with van der Waals surface area (Å²) in [5, 5.41) is 0.694. The maximum absolute atomic E-state index is 13.4. The van der Waals surface area contributed by atoms with Crippen molar-refractivity contribution in [1.29, 1.82) is 0 Å². The van der Waals surface area contributed by atoms with Crippen LogP contribution in [0.15, 0.2) is 83.7 Å². The molecule has 0 amide bonds. The highest BCUT2D eigenvalue weighted by Gasteiger charge is 2.22. The van der Waals surface area contributed by atoms with Gasteiger partial charge in [0.25, 0.3) is 5.56 Å². The van der Waals surface area contributed by atoms with Gasteiger partial charge in [-0.3, -0.25) is 9.36 Å². The molecule has 3 aromatic carbocycles. The maximum Gasteiger partial charge on any atom is 0.261 e. The summed E-state index contributed by atoms with van der Waals surface area (Å²) in [6.07, 6.45) is 5.64. The van der Waals surface area contributed by atoms with Crippen LogP contribution in [0.2, 0.25) is 0 Å². The summed E-state index contributed by atoms with van der Waals surface area (Å²) in [7, 11) is 0. The van der Waals surface area contributed by atoms with E-state index in [9.17, 15) is 4.79 Å². The Bertz CT molecular complexity index is 1220. The Morgan fingerprint density at radius 2 is 1.55 bits per heavy atom. The average Bonchev–Trinajstić information content (AvgIpc) is 2.84. The Kier molecular flexibility index (Phi) is 5.53. The third-order valence-corrected chi connectivity index (χ3v) is 6.11.